The Hall–Kier alpha value is -0.740. The lowest BCUT2D eigenvalue weighted by atomic mass is 9.63. The van der Waals surface area contributed by atoms with E-state index < -0.39 is 0 Å². The van der Waals surface area contributed by atoms with E-state index in [4.69, 9.17) is 6.42 Å². The molecule has 1 saturated carbocycles. The summed E-state index contributed by atoms with van der Waals surface area (Å²) >= 11 is 0. The molecule has 0 amide bonds. The summed E-state index contributed by atoms with van der Waals surface area (Å²) in [6, 6.07) is 0. The Bertz CT molecular complexity index is 336. The van der Waals surface area contributed by atoms with E-state index in [0.29, 0.717) is 11.8 Å². The van der Waals surface area contributed by atoms with Gasteiger partial charge in [0.05, 0.1) is 6.10 Å². The minimum absolute atomic E-state index is 0.106. The molecule has 88 valence electrons. The number of terminal acetylenes is 1. The van der Waals surface area contributed by atoms with E-state index in [2.05, 4.69) is 25.8 Å². The second-order valence-corrected chi connectivity index (χ2v) is 5.69. The normalized spacial score (nSPS) is 39.8. The van der Waals surface area contributed by atoms with Gasteiger partial charge in [0.1, 0.15) is 0 Å². The van der Waals surface area contributed by atoms with Crippen molar-refractivity contribution < 1.29 is 5.11 Å². The Labute approximate surface area is 98.9 Å². The summed E-state index contributed by atoms with van der Waals surface area (Å²) in [5.41, 5.74) is 1.72. The Morgan fingerprint density at radius 2 is 2.44 bits per heavy atom. The first-order valence-corrected chi connectivity index (χ1v) is 6.41. The maximum Gasteiger partial charge on any atom is 0.0579 e. The average molecular weight is 218 g/mol. The monoisotopic (exact) mass is 218 g/mol. The van der Waals surface area contributed by atoms with Crippen LogP contribution in [0.1, 0.15) is 46.0 Å². The molecule has 0 aromatic carbocycles. The number of allylic oxidation sites excluding steroid dienone is 2. The van der Waals surface area contributed by atoms with Gasteiger partial charge in [0.15, 0.2) is 0 Å². The smallest absolute Gasteiger partial charge is 0.0579 e. The van der Waals surface area contributed by atoms with Crippen molar-refractivity contribution in [1.29, 1.82) is 0 Å². The van der Waals surface area contributed by atoms with Crippen LogP contribution in [-0.4, -0.2) is 11.2 Å². The number of aliphatic hydroxyl groups excluding tert-OH is 1. The van der Waals surface area contributed by atoms with E-state index in [0.717, 1.165) is 25.7 Å². The Morgan fingerprint density at radius 1 is 1.69 bits per heavy atom. The van der Waals surface area contributed by atoms with Gasteiger partial charge in [-0.1, -0.05) is 25.5 Å². The highest BCUT2D eigenvalue weighted by Gasteiger charge is 2.47. The lowest BCUT2D eigenvalue weighted by Crippen LogP contribution is -2.39. The first-order chi connectivity index (χ1) is 7.59. The maximum atomic E-state index is 10.1. The predicted octanol–water partition coefficient (Wildman–Crippen LogP) is 3.14. The third kappa shape index (κ3) is 1.70. The Balaban J connectivity index is 2.20. The zero-order chi connectivity index (χ0) is 11.8. The number of hydrogen-bond acceptors (Lipinski definition) is 1. The van der Waals surface area contributed by atoms with Gasteiger partial charge < -0.3 is 5.11 Å². The third-order valence-corrected chi connectivity index (χ3v) is 4.68. The molecule has 16 heavy (non-hydrogen) atoms. The number of rotatable bonds is 2. The van der Waals surface area contributed by atoms with Crippen molar-refractivity contribution in [3.05, 3.63) is 11.6 Å². The van der Waals surface area contributed by atoms with Gasteiger partial charge in [0.2, 0.25) is 0 Å². The first kappa shape index (κ1) is 11.7. The molecule has 0 radical (unpaired) electrons. The molecule has 1 N–H and O–H groups in total. The van der Waals surface area contributed by atoms with Crippen LogP contribution in [0.15, 0.2) is 11.6 Å². The zero-order valence-electron chi connectivity index (χ0n) is 10.4. The van der Waals surface area contributed by atoms with Crippen molar-refractivity contribution in [2.75, 3.05) is 0 Å². The van der Waals surface area contributed by atoms with Crippen LogP contribution in [-0.2, 0) is 0 Å². The fraction of sp³-hybridized carbons (Fsp3) is 0.733. The molecule has 4 unspecified atom stereocenters. The second kappa shape index (κ2) is 4.26. The molecule has 1 fully saturated rings. The maximum absolute atomic E-state index is 10.1. The quantitative estimate of drug-likeness (QED) is 0.557. The molecule has 4 atom stereocenters. The molecule has 2 rings (SSSR count). The molecular formula is C15H22O. The molecule has 0 heterocycles. The van der Waals surface area contributed by atoms with Crippen LogP contribution in [0.5, 0.6) is 0 Å². The zero-order valence-corrected chi connectivity index (χ0v) is 10.4. The molecule has 0 saturated heterocycles. The number of aliphatic hydroxyl groups is 1. The summed E-state index contributed by atoms with van der Waals surface area (Å²) < 4.78 is 0. The summed E-state index contributed by atoms with van der Waals surface area (Å²) in [5.74, 6) is 3.68. The molecule has 1 heteroatoms. The van der Waals surface area contributed by atoms with Crippen LogP contribution in [0.25, 0.3) is 0 Å². The second-order valence-electron chi connectivity index (χ2n) is 5.69. The van der Waals surface area contributed by atoms with Crippen LogP contribution in [0.4, 0.5) is 0 Å². The van der Waals surface area contributed by atoms with E-state index in [9.17, 15) is 5.11 Å². The largest absolute Gasteiger partial charge is 0.393 e. The van der Waals surface area contributed by atoms with Crippen molar-refractivity contribution in [2.24, 2.45) is 17.3 Å². The molecule has 0 aromatic rings. The van der Waals surface area contributed by atoms with Crippen LogP contribution in [0, 0.1) is 29.6 Å². The molecule has 0 aliphatic heterocycles. The van der Waals surface area contributed by atoms with E-state index in [1.54, 1.807) is 0 Å². The van der Waals surface area contributed by atoms with Crippen LogP contribution < -0.4 is 0 Å². The van der Waals surface area contributed by atoms with Gasteiger partial charge in [-0.05, 0) is 42.9 Å². The SMILES string of the molecule is C#CCC(C)C1=CCC2C(O)CCCC12C. The van der Waals surface area contributed by atoms with Crippen molar-refractivity contribution in [3.63, 3.8) is 0 Å². The van der Waals surface area contributed by atoms with E-state index in [-0.39, 0.29) is 11.5 Å². The van der Waals surface area contributed by atoms with Crippen molar-refractivity contribution in [3.8, 4) is 12.3 Å². The minimum Gasteiger partial charge on any atom is -0.393 e. The molecule has 1 nitrogen and oxygen atoms in total. The highest BCUT2D eigenvalue weighted by atomic mass is 16.3. The number of fused-ring (bicyclic) bond motifs is 1. The van der Waals surface area contributed by atoms with Gasteiger partial charge in [-0.25, -0.2) is 0 Å². The van der Waals surface area contributed by atoms with Crippen LogP contribution >= 0.6 is 0 Å². The summed E-state index contributed by atoms with van der Waals surface area (Å²) in [7, 11) is 0. The Morgan fingerprint density at radius 3 is 3.12 bits per heavy atom. The van der Waals surface area contributed by atoms with Gasteiger partial charge in [-0.2, -0.15) is 0 Å². The molecule has 0 spiro atoms. The molecule has 2 aliphatic carbocycles. The van der Waals surface area contributed by atoms with Gasteiger partial charge in [-0.3, -0.25) is 0 Å². The highest BCUT2D eigenvalue weighted by Crippen LogP contribution is 2.54. The predicted molar refractivity (Wildman–Crippen MR) is 66.8 cm³/mol. The summed E-state index contributed by atoms with van der Waals surface area (Å²) in [6.07, 6.45) is 12.9. The van der Waals surface area contributed by atoms with Crippen molar-refractivity contribution >= 4 is 0 Å². The fourth-order valence-electron chi connectivity index (χ4n) is 3.80. The van der Waals surface area contributed by atoms with Gasteiger partial charge >= 0.3 is 0 Å². The van der Waals surface area contributed by atoms with E-state index in [1.807, 2.05) is 0 Å². The van der Waals surface area contributed by atoms with Gasteiger partial charge in [0, 0.05) is 6.42 Å². The van der Waals surface area contributed by atoms with E-state index >= 15 is 0 Å². The fourth-order valence-corrected chi connectivity index (χ4v) is 3.80. The van der Waals surface area contributed by atoms with Crippen LogP contribution in [0.2, 0.25) is 0 Å². The molecule has 2 aliphatic rings. The summed E-state index contributed by atoms with van der Waals surface area (Å²) in [4.78, 5) is 0. The van der Waals surface area contributed by atoms with Crippen molar-refractivity contribution in [2.45, 2.75) is 52.1 Å². The Kier molecular flexibility index (Phi) is 3.13. The first-order valence-electron chi connectivity index (χ1n) is 6.41. The van der Waals surface area contributed by atoms with E-state index in [1.165, 1.54) is 12.0 Å². The lowest BCUT2D eigenvalue weighted by molar-refractivity contribution is 0.00809. The van der Waals surface area contributed by atoms with Crippen LogP contribution in [0.3, 0.4) is 0 Å². The molecular weight excluding hydrogens is 196 g/mol. The third-order valence-electron chi connectivity index (χ3n) is 4.68. The average Bonchev–Trinajstić information content (AvgIpc) is 2.57. The van der Waals surface area contributed by atoms with Crippen molar-refractivity contribution in [1.82, 2.24) is 0 Å². The van der Waals surface area contributed by atoms with Gasteiger partial charge in [-0.15, -0.1) is 12.3 Å². The lowest BCUT2D eigenvalue weighted by Gasteiger charge is -2.43. The highest BCUT2D eigenvalue weighted by molar-refractivity contribution is 5.27. The summed E-state index contributed by atoms with van der Waals surface area (Å²) in [5, 5.41) is 10.1. The van der Waals surface area contributed by atoms with Gasteiger partial charge in [0.25, 0.3) is 0 Å². The molecule has 0 bridgehead atoms. The molecule has 0 aromatic heterocycles. The minimum atomic E-state index is -0.106. The summed E-state index contributed by atoms with van der Waals surface area (Å²) in [6.45, 7) is 4.55. The number of hydrogen-bond donors (Lipinski definition) is 1. The standard InChI is InChI=1S/C15H22O/c1-4-6-11(2)12-8-9-13-14(16)7-5-10-15(12,13)3/h1,8,11,13-14,16H,5-7,9-10H2,2-3H3. The topological polar surface area (TPSA) is 20.2 Å².